The second-order valence-electron chi connectivity index (χ2n) is 12.3. The molecule has 0 unspecified atom stereocenters. The molecule has 0 atom stereocenters. The van der Waals surface area contributed by atoms with Crippen LogP contribution in [0.25, 0.3) is 55.8 Å². The van der Waals surface area contributed by atoms with Gasteiger partial charge in [-0.15, -0.1) is 0 Å². The Labute approximate surface area is 308 Å². The number of hydrogen-bond donors (Lipinski definition) is 0. The molecule has 0 bridgehead atoms. The summed E-state index contributed by atoms with van der Waals surface area (Å²) in [6, 6.07) is 53.8. The summed E-state index contributed by atoms with van der Waals surface area (Å²) >= 11 is 0. The first-order chi connectivity index (χ1) is 26.2. The number of allylic oxidation sites excluding steroid dienone is 3. The first kappa shape index (κ1) is 32.7. The molecule has 250 valence electrons. The third-order valence-electron chi connectivity index (χ3n) is 9.07. The Kier molecular flexibility index (Phi) is 8.85. The van der Waals surface area contributed by atoms with Gasteiger partial charge < -0.3 is 9.47 Å². The highest BCUT2D eigenvalue weighted by Gasteiger charge is 2.20. The van der Waals surface area contributed by atoms with E-state index in [4.69, 9.17) is 15.0 Å². The maximum Gasteiger partial charge on any atom is 0.172 e. The van der Waals surface area contributed by atoms with Crippen molar-refractivity contribution in [1.82, 2.24) is 19.5 Å². The van der Waals surface area contributed by atoms with Crippen LogP contribution in [0.15, 0.2) is 170 Å². The maximum atomic E-state index is 10.6. The van der Waals surface area contributed by atoms with Crippen LogP contribution in [0.1, 0.15) is 18.3 Å². The van der Waals surface area contributed by atoms with Crippen LogP contribution in [-0.4, -0.2) is 19.5 Å². The zero-order chi connectivity index (χ0) is 36.1. The van der Waals surface area contributed by atoms with Gasteiger partial charge in [0.25, 0.3) is 0 Å². The third kappa shape index (κ3) is 6.23. The number of nitrogens with zero attached hydrogens (tertiary/aromatic N) is 6. The summed E-state index contributed by atoms with van der Waals surface area (Å²) in [4.78, 5) is 16.8. The average molecular weight is 681 g/mol. The van der Waals surface area contributed by atoms with Gasteiger partial charge in [0.05, 0.1) is 28.2 Å². The van der Waals surface area contributed by atoms with Crippen LogP contribution in [0.4, 0.5) is 17.1 Å². The van der Waals surface area contributed by atoms with Crippen LogP contribution in [0, 0.1) is 23.2 Å². The molecule has 0 aliphatic carbocycles. The Bertz CT molecular complexity index is 2730. The van der Waals surface area contributed by atoms with E-state index in [2.05, 4.69) is 119 Å². The molecular formula is C47H32N6. The van der Waals surface area contributed by atoms with E-state index in [-0.39, 0.29) is 0 Å². The van der Waals surface area contributed by atoms with Crippen molar-refractivity contribution >= 4 is 44.4 Å². The number of benzene rings is 6. The lowest BCUT2D eigenvalue weighted by Crippen LogP contribution is -2.09. The van der Waals surface area contributed by atoms with Gasteiger partial charge in [0.2, 0.25) is 0 Å². The van der Waals surface area contributed by atoms with E-state index in [1.165, 1.54) is 6.08 Å². The van der Waals surface area contributed by atoms with Gasteiger partial charge in [0, 0.05) is 44.6 Å². The molecule has 2 heterocycles. The zero-order valence-electron chi connectivity index (χ0n) is 29.0. The average Bonchev–Trinajstić information content (AvgIpc) is 3.56. The van der Waals surface area contributed by atoms with Crippen LogP contribution in [0.2, 0.25) is 0 Å². The molecule has 8 rings (SSSR count). The molecule has 0 aliphatic rings. The predicted octanol–water partition coefficient (Wildman–Crippen LogP) is 11.2. The van der Waals surface area contributed by atoms with Gasteiger partial charge in [-0.2, -0.15) is 5.26 Å². The van der Waals surface area contributed by atoms with E-state index >= 15 is 0 Å². The molecule has 6 nitrogen and oxygen atoms in total. The highest BCUT2D eigenvalue weighted by molar-refractivity contribution is 6.10. The molecule has 0 amide bonds. The standard InChI is InChI=1S/C47H32N6/c1-3-5-17-33(4-2)45-49-46(34-18-9-6-10-19-34)51-47(50-45)40-28-26-38(30-35(40)32-48)53-43-25-16-15-24-41(43)42-31-39(27-29-44(42)53)52(36-20-11-7-12-21-36)37-22-13-8-14-23-37/h3-4,6-16,18-31H,1H2,2H3/b33-4+. The van der Waals surface area contributed by atoms with E-state index in [0.717, 1.165) is 50.1 Å². The fourth-order valence-corrected chi connectivity index (χ4v) is 6.66. The Balaban J connectivity index is 1.28. The summed E-state index contributed by atoms with van der Waals surface area (Å²) in [5, 5.41) is 12.8. The molecule has 0 fully saturated rings. The highest BCUT2D eigenvalue weighted by atomic mass is 15.1. The summed E-state index contributed by atoms with van der Waals surface area (Å²) in [6.07, 6.45) is 3.40. The largest absolute Gasteiger partial charge is 0.310 e. The summed E-state index contributed by atoms with van der Waals surface area (Å²) in [5.74, 6) is 7.30. The number of para-hydroxylation sites is 3. The molecule has 6 heteroatoms. The zero-order valence-corrected chi connectivity index (χ0v) is 29.0. The minimum Gasteiger partial charge on any atom is -0.310 e. The number of anilines is 3. The molecule has 0 saturated carbocycles. The van der Waals surface area contributed by atoms with E-state index in [1.807, 2.05) is 79.7 Å². The fourth-order valence-electron chi connectivity index (χ4n) is 6.66. The molecular weight excluding hydrogens is 649 g/mol. The molecule has 0 radical (unpaired) electrons. The molecule has 0 saturated heterocycles. The summed E-state index contributed by atoms with van der Waals surface area (Å²) in [5.41, 5.74) is 8.64. The van der Waals surface area contributed by atoms with Gasteiger partial charge in [-0.1, -0.05) is 109 Å². The van der Waals surface area contributed by atoms with Crippen molar-refractivity contribution in [1.29, 1.82) is 5.26 Å². The smallest absolute Gasteiger partial charge is 0.172 e. The van der Waals surface area contributed by atoms with Crippen molar-refractivity contribution in [3.05, 3.63) is 182 Å². The number of nitriles is 1. The minimum atomic E-state index is 0.394. The monoisotopic (exact) mass is 680 g/mol. The molecule has 6 aromatic carbocycles. The first-order valence-electron chi connectivity index (χ1n) is 17.3. The Morgan fingerprint density at radius 2 is 1.30 bits per heavy atom. The molecule has 0 N–H and O–H groups in total. The maximum absolute atomic E-state index is 10.6. The Morgan fingerprint density at radius 3 is 1.98 bits per heavy atom. The van der Waals surface area contributed by atoms with Gasteiger partial charge in [-0.05, 0) is 79.7 Å². The van der Waals surface area contributed by atoms with Crippen molar-refractivity contribution in [2.75, 3.05) is 4.90 Å². The SMILES string of the molecule is C=CC#C/C(=C\C)c1nc(-c2ccccc2)nc(-c2ccc(-n3c4ccccc4c4cc(N(c5ccccc5)c5ccccc5)ccc43)cc2C#N)n1. The third-order valence-corrected chi connectivity index (χ3v) is 9.07. The molecule has 53 heavy (non-hydrogen) atoms. The second-order valence-corrected chi connectivity index (χ2v) is 12.3. The number of aromatic nitrogens is 4. The van der Waals surface area contributed by atoms with Crippen LogP contribution in [0.3, 0.4) is 0 Å². The normalized spacial score (nSPS) is 11.1. The Hall–Kier alpha value is -7.54. The Morgan fingerprint density at radius 1 is 0.660 bits per heavy atom. The van der Waals surface area contributed by atoms with E-state index in [9.17, 15) is 5.26 Å². The molecule has 0 aliphatic heterocycles. The fraction of sp³-hybridized carbons (Fsp3) is 0.0213. The molecule has 0 spiro atoms. The lowest BCUT2D eigenvalue weighted by molar-refractivity contribution is 1.04. The number of rotatable bonds is 7. The summed E-state index contributed by atoms with van der Waals surface area (Å²) in [6.45, 7) is 5.62. The number of hydrogen-bond acceptors (Lipinski definition) is 5. The van der Waals surface area contributed by atoms with Crippen LogP contribution in [-0.2, 0) is 0 Å². The summed E-state index contributed by atoms with van der Waals surface area (Å²) in [7, 11) is 0. The lowest BCUT2D eigenvalue weighted by Gasteiger charge is -2.25. The van der Waals surface area contributed by atoms with Crippen molar-refractivity contribution in [2.45, 2.75) is 6.92 Å². The van der Waals surface area contributed by atoms with Crippen LogP contribution >= 0.6 is 0 Å². The second kappa shape index (κ2) is 14.4. The quantitative estimate of drug-likeness (QED) is 0.157. The first-order valence-corrected chi connectivity index (χ1v) is 17.3. The summed E-state index contributed by atoms with van der Waals surface area (Å²) < 4.78 is 2.21. The molecule has 2 aromatic heterocycles. The van der Waals surface area contributed by atoms with E-state index in [0.29, 0.717) is 34.2 Å². The lowest BCUT2D eigenvalue weighted by atomic mass is 10.1. The topological polar surface area (TPSA) is 70.6 Å². The molecule has 8 aromatic rings. The van der Waals surface area contributed by atoms with Crippen molar-refractivity contribution in [2.24, 2.45) is 0 Å². The highest BCUT2D eigenvalue weighted by Crippen LogP contribution is 2.40. The van der Waals surface area contributed by atoms with Crippen molar-refractivity contribution in [3.8, 4) is 46.4 Å². The van der Waals surface area contributed by atoms with Gasteiger partial charge in [-0.3, -0.25) is 0 Å². The van der Waals surface area contributed by atoms with Gasteiger partial charge >= 0.3 is 0 Å². The van der Waals surface area contributed by atoms with Crippen molar-refractivity contribution < 1.29 is 0 Å². The number of fused-ring (bicyclic) bond motifs is 3. The van der Waals surface area contributed by atoms with Crippen LogP contribution in [0.5, 0.6) is 0 Å². The minimum absolute atomic E-state index is 0.394. The van der Waals surface area contributed by atoms with Gasteiger partial charge in [0.15, 0.2) is 17.5 Å². The van der Waals surface area contributed by atoms with Gasteiger partial charge in [-0.25, -0.2) is 15.0 Å². The van der Waals surface area contributed by atoms with E-state index in [1.54, 1.807) is 0 Å². The van der Waals surface area contributed by atoms with Crippen LogP contribution < -0.4 is 4.90 Å². The van der Waals surface area contributed by atoms with E-state index < -0.39 is 0 Å². The predicted molar refractivity (Wildman–Crippen MR) is 216 cm³/mol. The van der Waals surface area contributed by atoms with Crippen molar-refractivity contribution in [3.63, 3.8) is 0 Å². The van der Waals surface area contributed by atoms with Gasteiger partial charge in [0.1, 0.15) is 0 Å².